The molecule has 1 heteroatoms. The predicted molar refractivity (Wildman–Crippen MR) is 121 cm³/mol. The van der Waals surface area contributed by atoms with Crippen LogP contribution in [0.4, 0.5) is 0 Å². The van der Waals surface area contributed by atoms with Gasteiger partial charge in [-0.2, -0.15) is 0 Å². The highest BCUT2D eigenvalue weighted by molar-refractivity contribution is 9.10. The van der Waals surface area contributed by atoms with Crippen molar-refractivity contribution in [2.75, 3.05) is 0 Å². The molecule has 0 saturated heterocycles. The van der Waals surface area contributed by atoms with Gasteiger partial charge in [0.2, 0.25) is 0 Å². The fourth-order valence-corrected chi connectivity index (χ4v) is 3.39. The largest absolute Gasteiger partial charge is 0.0623 e. The van der Waals surface area contributed by atoms with Crippen LogP contribution in [0.2, 0.25) is 0 Å². The Morgan fingerprint density at radius 2 is 1.15 bits per heavy atom. The van der Waals surface area contributed by atoms with Gasteiger partial charge >= 0.3 is 0 Å². The first kappa shape index (κ1) is 23.0. The number of aryl methyl sites for hydroxylation is 1. The van der Waals surface area contributed by atoms with Gasteiger partial charge in [-0.05, 0) is 42.4 Å². The summed E-state index contributed by atoms with van der Waals surface area (Å²) in [6.45, 7) is 7.03. The van der Waals surface area contributed by atoms with Crippen molar-refractivity contribution >= 4 is 15.9 Å². The number of rotatable bonds is 9. The van der Waals surface area contributed by atoms with Crippen LogP contribution in [-0.2, 0) is 6.42 Å². The Kier molecular flexibility index (Phi) is 12.4. The lowest BCUT2D eigenvalue weighted by Gasteiger charge is -2.17. The normalized spacial score (nSPS) is 10.9. The van der Waals surface area contributed by atoms with E-state index in [-0.39, 0.29) is 0 Å². The van der Waals surface area contributed by atoms with Crippen LogP contribution in [0.3, 0.4) is 0 Å². The Labute approximate surface area is 170 Å². The lowest BCUT2D eigenvalue weighted by molar-refractivity contribution is 0.356. The van der Waals surface area contributed by atoms with Crippen molar-refractivity contribution in [2.45, 2.75) is 78.6 Å². The third kappa shape index (κ3) is 14.1. The molecule has 0 amide bonds. The van der Waals surface area contributed by atoms with Crippen LogP contribution in [-0.4, -0.2) is 0 Å². The minimum absolute atomic E-state index is 0.518. The molecule has 0 aromatic heterocycles. The van der Waals surface area contributed by atoms with Crippen LogP contribution in [0, 0.1) is 5.41 Å². The molecule has 26 heavy (non-hydrogen) atoms. The van der Waals surface area contributed by atoms with E-state index in [1.54, 1.807) is 0 Å². The van der Waals surface area contributed by atoms with E-state index in [0.717, 1.165) is 0 Å². The highest BCUT2D eigenvalue weighted by Gasteiger charge is 2.08. The Bertz CT molecular complexity index is 527. The molecule has 0 atom stereocenters. The van der Waals surface area contributed by atoms with E-state index >= 15 is 0 Å². The molecule has 0 spiro atoms. The Morgan fingerprint density at radius 1 is 0.654 bits per heavy atom. The Morgan fingerprint density at radius 3 is 1.65 bits per heavy atom. The van der Waals surface area contributed by atoms with E-state index in [0.29, 0.717) is 5.41 Å². The molecule has 0 saturated carbocycles. The first-order valence-electron chi connectivity index (χ1n) is 10.2. The summed E-state index contributed by atoms with van der Waals surface area (Å²) in [5, 5.41) is 0. The maximum atomic E-state index is 3.53. The molecule has 0 radical (unpaired) electrons. The molecule has 0 nitrogen and oxygen atoms in total. The molecule has 0 N–H and O–H groups in total. The molecule has 2 rings (SSSR count). The van der Waals surface area contributed by atoms with E-state index < -0.39 is 0 Å². The number of halogens is 1. The van der Waals surface area contributed by atoms with Crippen molar-refractivity contribution in [1.82, 2.24) is 0 Å². The molecule has 0 aliphatic heterocycles. The monoisotopic (exact) mass is 416 g/mol. The lowest BCUT2D eigenvalue weighted by atomic mass is 9.89. The van der Waals surface area contributed by atoms with Crippen LogP contribution in [0.5, 0.6) is 0 Å². The second-order valence-corrected chi connectivity index (χ2v) is 9.24. The third-order valence-corrected chi connectivity index (χ3v) is 4.94. The second-order valence-electron chi connectivity index (χ2n) is 8.32. The molecule has 0 aliphatic carbocycles. The topological polar surface area (TPSA) is 0 Å². The summed E-state index contributed by atoms with van der Waals surface area (Å²) in [6, 6.07) is 20.7. The fraction of sp³-hybridized carbons (Fsp3) is 0.520. The molecule has 0 bridgehead atoms. The van der Waals surface area contributed by atoms with Gasteiger partial charge in [0, 0.05) is 4.47 Å². The molecule has 0 unspecified atom stereocenters. The summed E-state index contributed by atoms with van der Waals surface area (Å²) >= 11 is 3.53. The molecule has 0 aliphatic rings. The van der Waals surface area contributed by atoms with Crippen LogP contribution in [0.1, 0.15) is 77.7 Å². The van der Waals surface area contributed by atoms with E-state index in [9.17, 15) is 0 Å². The third-order valence-electron chi connectivity index (χ3n) is 4.45. The zero-order valence-corrected chi connectivity index (χ0v) is 18.6. The Hall–Kier alpha value is -1.08. The van der Waals surface area contributed by atoms with Crippen LogP contribution in [0.25, 0.3) is 0 Å². The van der Waals surface area contributed by atoms with Gasteiger partial charge in [-0.3, -0.25) is 0 Å². The summed E-state index contributed by atoms with van der Waals surface area (Å²) < 4.78 is 1.20. The summed E-state index contributed by atoms with van der Waals surface area (Å²) in [5.74, 6) is 0. The van der Waals surface area contributed by atoms with E-state index in [4.69, 9.17) is 0 Å². The number of unbranched alkanes of at least 4 members (excludes halogenated alkanes) is 6. The van der Waals surface area contributed by atoms with E-state index in [1.807, 2.05) is 36.4 Å². The standard InChI is InChI=1S/C19H31Br.C6H6/c1-19(2,3)15-10-8-6-4-5-7-9-12-17-13-11-14-18(20)16-17;1-2-4-6-5-3-1/h11,13-14,16H,4-10,12,15H2,1-3H3;1-6H. The zero-order chi connectivity index (χ0) is 19.1. The van der Waals surface area contributed by atoms with Crippen molar-refractivity contribution < 1.29 is 0 Å². The summed E-state index contributed by atoms with van der Waals surface area (Å²) in [7, 11) is 0. The number of hydrogen-bond acceptors (Lipinski definition) is 0. The van der Waals surface area contributed by atoms with Crippen molar-refractivity contribution in [3.8, 4) is 0 Å². The summed E-state index contributed by atoms with van der Waals surface area (Å²) in [4.78, 5) is 0. The smallest absolute Gasteiger partial charge is 0.0177 e. The molecular formula is C25H37Br. The minimum atomic E-state index is 0.518. The van der Waals surface area contributed by atoms with Gasteiger partial charge in [0.25, 0.3) is 0 Å². The van der Waals surface area contributed by atoms with Crippen molar-refractivity contribution in [1.29, 1.82) is 0 Å². The van der Waals surface area contributed by atoms with Gasteiger partial charge in [-0.25, -0.2) is 0 Å². The molecule has 2 aromatic carbocycles. The summed E-state index contributed by atoms with van der Waals surface area (Å²) in [6.07, 6.45) is 12.4. The molecule has 0 fully saturated rings. The quantitative estimate of drug-likeness (QED) is 0.358. The highest BCUT2D eigenvalue weighted by atomic mass is 79.9. The van der Waals surface area contributed by atoms with Gasteiger partial charge in [-0.15, -0.1) is 0 Å². The molecular weight excluding hydrogens is 380 g/mol. The second kappa shape index (κ2) is 14.0. The maximum Gasteiger partial charge on any atom is 0.0177 e. The van der Waals surface area contributed by atoms with Crippen LogP contribution < -0.4 is 0 Å². The van der Waals surface area contributed by atoms with Crippen molar-refractivity contribution in [3.05, 3.63) is 70.7 Å². The average Bonchev–Trinajstić information content (AvgIpc) is 2.61. The van der Waals surface area contributed by atoms with Crippen molar-refractivity contribution in [3.63, 3.8) is 0 Å². The Balaban J connectivity index is 0.000000472. The zero-order valence-electron chi connectivity index (χ0n) is 17.0. The van der Waals surface area contributed by atoms with Gasteiger partial charge in [0.05, 0.1) is 0 Å². The lowest BCUT2D eigenvalue weighted by Crippen LogP contribution is -2.03. The predicted octanol–water partition coefficient (Wildman–Crippen LogP) is 8.85. The van der Waals surface area contributed by atoms with Crippen LogP contribution in [0.15, 0.2) is 65.1 Å². The van der Waals surface area contributed by atoms with Crippen LogP contribution >= 0.6 is 15.9 Å². The van der Waals surface area contributed by atoms with Gasteiger partial charge < -0.3 is 0 Å². The maximum absolute atomic E-state index is 3.53. The first-order valence-corrected chi connectivity index (χ1v) is 11.0. The summed E-state index contributed by atoms with van der Waals surface area (Å²) in [5.41, 5.74) is 1.98. The average molecular weight is 417 g/mol. The SMILES string of the molecule is CC(C)(C)CCCCCCCCCc1cccc(Br)c1.c1ccccc1. The first-order chi connectivity index (χ1) is 12.5. The highest BCUT2D eigenvalue weighted by Crippen LogP contribution is 2.22. The molecule has 144 valence electrons. The fourth-order valence-electron chi connectivity index (χ4n) is 2.95. The van der Waals surface area contributed by atoms with E-state index in [1.165, 1.54) is 67.8 Å². The molecule has 2 aromatic rings. The number of hydrogen-bond donors (Lipinski definition) is 0. The number of benzene rings is 2. The van der Waals surface area contributed by atoms with Crippen molar-refractivity contribution in [2.24, 2.45) is 5.41 Å². The molecule has 0 heterocycles. The minimum Gasteiger partial charge on any atom is -0.0623 e. The van der Waals surface area contributed by atoms with E-state index in [2.05, 4.69) is 61.0 Å². The van der Waals surface area contributed by atoms with Gasteiger partial charge in [-0.1, -0.05) is 124 Å². The van der Waals surface area contributed by atoms with Gasteiger partial charge in [0.15, 0.2) is 0 Å². The van der Waals surface area contributed by atoms with Gasteiger partial charge in [0.1, 0.15) is 0 Å².